The smallest absolute Gasteiger partial charge is 0.257 e. The average Bonchev–Trinajstić information content (AvgIpc) is 2.51. The van der Waals surface area contributed by atoms with Crippen LogP contribution in [0.1, 0.15) is 18.9 Å². The minimum absolute atomic E-state index is 0.149. The number of sulfonamides is 1. The lowest BCUT2D eigenvalue weighted by Crippen LogP contribution is -2.33. The van der Waals surface area contributed by atoms with E-state index in [2.05, 4.69) is 17.2 Å². The number of nitrogens with one attached hydrogen (secondary N) is 2. The Hall–Kier alpha value is -2.38. The van der Waals surface area contributed by atoms with Crippen molar-refractivity contribution in [2.75, 3.05) is 0 Å². The lowest BCUT2D eigenvalue weighted by atomic mass is 10.1. The molecular formula is C16H18N2O4S. The van der Waals surface area contributed by atoms with Gasteiger partial charge in [-0.15, -0.1) is 4.83 Å². The van der Waals surface area contributed by atoms with E-state index in [-0.39, 0.29) is 4.90 Å². The highest BCUT2D eigenvalue weighted by atomic mass is 32.2. The molecule has 0 amide bonds. The molecule has 1 aliphatic carbocycles. The second-order valence-corrected chi connectivity index (χ2v) is 6.70. The first kappa shape index (κ1) is 17.0. The van der Waals surface area contributed by atoms with Crippen LogP contribution in [-0.4, -0.2) is 19.3 Å². The molecule has 0 aliphatic heterocycles. The van der Waals surface area contributed by atoms with Crippen LogP contribution in [0.25, 0.3) is 0 Å². The van der Waals surface area contributed by atoms with Gasteiger partial charge < -0.3 is 10.5 Å². The van der Waals surface area contributed by atoms with Crippen LogP contribution in [0.15, 0.2) is 64.9 Å². The summed E-state index contributed by atoms with van der Waals surface area (Å²) in [6.45, 7) is 2.06. The lowest BCUT2D eigenvalue weighted by molar-refractivity contribution is -0.113. The normalized spacial score (nSPS) is 16.5. The van der Waals surface area contributed by atoms with Crippen molar-refractivity contribution in [3.63, 3.8) is 0 Å². The molecule has 6 nitrogen and oxygen atoms in total. The van der Waals surface area contributed by atoms with Crippen molar-refractivity contribution in [2.45, 2.75) is 24.7 Å². The molecule has 0 heterocycles. The Labute approximate surface area is 135 Å². The van der Waals surface area contributed by atoms with Crippen LogP contribution >= 0.6 is 0 Å². The third-order valence-corrected chi connectivity index (χ3v) is 4.47. The number of carbonyl (C=O) groups is 1. The molecule has 1 aromatic rings. The number of hydrogen-bond acceptors (Lipinski definition) is 5. The summed E-state index contributed by atoms with van der Waals surface area (Å²) in [6, 6.07) is 6.67. The number of hydrogen-bond donors (Lipinski definition) is 3. The minimum atomic E-state index is -3.70. The Kier molecular flexibility index (Phi) is 5.36. The van der Waals surface area contributed by atoms with Crippen molar-refractivity contribution >= 4 is 15.8 Å². The van der Waals surface area contributed by atoms with Crippen molar-refractivity contribution in [3.05, 3.63) is 65.6 Å². The largest absolute Gasteiger partial charge is 0.504 e. The van der Waals surface area contributed by atoms with Gasteiger partial charge in [-0.2, -0.15) is 0 Å². The quantitative estimate of drug-likeness (QED) is 0.691. The van der Waals surface area contributed by atoms with E-state index in [1.165, 1.54) is 24.4 Å². The number of aryl methyl sites for hydroxylation is 1. The van der Waals surface area contributed by atoms with Gasteiger partial charge in [-0.1, -0.05) is 25.5 Å². The Morgan fingerprint density at radius 2 is 1.87 bits per heavy atom. The van der Waals surface area contributed by atoms with Gasteiger partial charge in [0.15, 0.2) is 5.76 Å². The maximum absolute atomic E-state index is 12.1. The van der Waals surface area contributed by atoms with Gasteiger partial charge >= 0.3 is 0 Å². The molecule has 1 aliphatic rings. The van der Waals surface area contributed by atoms with E-state index in [0.29, 0.717) is 5.57 Å². The third kappa shape index (κ3) is 4.54. The number of aliphatic hydroxyl groups excluding tert-OH is 1. The van der Waals surface area contributed by atoms with Crippen LogP contribution < -0.4 is 10.3 Å². The first-order valence-corrected chi connectivity index (χ1v) is 8.60. The fourth-order valence-corrected chi connectivity index (χ4v) is 2.82. The predicted octanol–water partition coefficient (Wildman–Crippen LogP) is 1.89. The van der Waals surface area contributed by atoms with Gasteiger partial charge in [0.05, 0.1) is 4.90 Å². The minimum Gasteiger partial charge on any atom is -0.504 e. The predicted molar refractivity (Wildman–Crippen MR) is 86.8 cm³/mol. The van der Waals surface area contributed by atoms with Gasteiger partial charge in [-0.05, 0) is 47.9 Å². The molecule has 0 bridgehead atoms. The SMILES string of the molecule is CCCc1ccc(S(=O)(=O)NNC=C2C=CC(=O)C(O)=C2)cc1. The van der Waals surface area contributed by atoms with Crippen molar-refractivity contribution in [3.8, 4) is 0 Å². The van der Waals surface area contributed by atoms with E-state index in [1.54, 1.807) is 24.3 Å². The molecule has 7 heteroatoms. The standard InChI is InChI=1S/C16H18N2O4S/c1-2-3-12-4-7-14(8-5-12)23(21,22)18-17-11-13-6-9-15(19)16(20)10-13/h4-11,17-18,20H,2-3H2,1H3. The Bertz CT molecular complexity index is 775. The second kappa shape index (κ2) is 7.26. The summed E-state index contributed by atoms with van der Waals surface area (Å²) in [4.78, 5) is 13.4. The Morgan fingerprint density at radius 1 is 1.17 bits per heavy atom. The van der Waals surface area contributed by atoms with Crippen molar-refractivity contribution in [2.24, 2.45) is 0 Å². The monoisotopic (exact) mass is 334 g/mol. The van der Waals surface area contributed by atoms with E-state index < -0.39 is 21.6 Å². The number of hydrazine groups is 1. The van der Waals surface area contributed by atoms with E-state index in [9.17, 15) is 18.3 Å². The highest BCUT2D eigenvalue weighted by molar-refractivity contribution is 7.89. The molecule has 3 N–H and O–H groups in total. The van der Waals surface area contributed by atoms with Crippen LogP contribution in [0, 0.1) is 0 Å². The van der Waals surface area contributed by atoms with Gasteiger partial charge in [-0.25, -0.2) is 8.42 Å². The average molecular weight is 334 g/mol. The summed E-state index contributed by atoms with van der Waals surface area (Å²) in [5.41, 5.74) is 3.99. The van der Waals surface area contributed by atoms with E-state index in [1.807, 2.05) is 0 Å². The van der Waals surface area contributed by atoms with Crippen LogP contribution in [0.3, 0.4) is 0 Å². The highest BCUT2D eigenvalue weighted by Crippen LogP contribution is 2.12. The second-order valence-electron chi connectivity index (χ2n) is 5.02. The fourth-order valence-electron chi connectivity index (χ4n) is 2.00. The van der Waals surface area contributed by atoms with E-state index in [4.69, 9.17) is 0 Å². The van der Waals surface area contributed by atoms with E-state index >= 15 is 0 Å². The first-order chi connectivity index (χ1) is 10.9. The third-order valence-electron chi connectivity index (χ3n) is 3.19. The zero-order valence-electron chi connectivity index (χ0n) is 12.6. The molecule has 0 saturated carbocycles. The van der Waals surface area contributed by atoms with Gasteiger partial charge in [0.1, 0.15) is 0 Å². The van der Waals surface area contributed by atoms with Crippen molar-refractivity contribution < 1.29 is 18.3 Å². The molecule has 23 heavy (non-hydrogen) atoms. The number of carbonyl (C=O) groups excluding carboxylic acids is 1. The molecule has 0 atom stereocenters. The molecule has 0 aromatic heterocycles. The summed E-state index contributed by atoms with van der Waals surface area (Å²) in [6.07, 6.45) is 7.13. The topological polar surface area (TPSA) is 95.5 Å². The van der Waals surface area contributed by atoms with Gasteiger partial charge in [0.2, 0.25) is 5.78 Å². The number of rotatable bonds is 6. The number of benzene rings is 1. The van der Waals surface area contributed by atoms with Crippen molar-refractivity contribution in [1.29, 1.82) is 0 Å². The lowest BCUT2D eigenvalue weighted by Gasteiger charge is -2.08. The maximum atomic E-state index is 12.1. The Morgan fingerprint density at radius 3 is 2.48 bits per heavy atom. The van der Waals surface area contributed by atoms with Gasteiger partial charge in [-0.3, -0.25) is 4.79 Å². The first-order valence-electron chi connectivity index (χ1n) is 7.12. The summed E-state index contributed by atoms with van der Waals surface area (Å²) >= 11 is 0. The molecule has 0 spiro atoms. The molecule has 1 aromatic carbocycles. The van der Waals surface area contributed by atoms with Gasteiger partial charge in [0.25, 0.3) is 10.0 Å². The maximum Gasteiger partial charge on any atom is 0.257 e. The summed E-state index contributed by atoms with van der Waals surface area (Å²) in [5, 5.41) is 9.31. The number of allylic oxidation sites excluding steroid dienone is 4. The van der Waals surface area contributed by atoms with Gasteiger partial charge in [0, 0.05) is 6.20 Å². The summed E-state index contributed by atoms with van der Waals surface area (Å²) in [7, 11) is -3.70. The Balaban J connectivity index is 2.02. The number of ketones is 1. The highest BCUT2D eigenvalue weighted by Gasteiger charge is 2.13. The van der Waals surface area contributed by atoms with Crippen LogP contribution in [0.2, 0.25) is 0 Å². The fraction of sp³-hybridized carbons (Fsp3) is 0.188. The van der Waals surface area contributed by atoms with Crippen LogP contribution in [0.4, 0.5) is 0 Å². The zero-order chi connectivity index (χ0) is 16.9. The van der Waals surface area contributed by atoms with Crippen LogP contribution in [0.5, 0.6) is 0 Å². The summed E-state index contributed by atoms with van der Waals surface area (Å²) in [5.74, 6) is -0.884. The number of aliphatic hydroxyl groups is 1. The van der Waals surface area contributed by atoms with E-state index in [0.717, 1.165) is 18.4 Å². The molecule has 122 valence electrons. The molecule has 0 unspecified atom stereocenters. The molecular weight excluding hydrogens is 316 g/mol. The summed E-state index contributed by atoms with van der Waals surface area (Å²) < 4.78 is 24.2. The zero-order valence-corrected chi connectivity index (χ0v) is 13.4. The molecule has 2 rings (SSSR count). The molecule has 0 saturated heterocycles. The van der Waals surface area contributed by atoms with Crippen LogP contribution in [-0.2, 0) is 21.2 Å². The molecule has 0 fully saturated rings. The van der Waals surface area contributed by atoms with Crippen molar-refractivity contribution in [1.82, 2.24) is 10.3 Å². The molecule has 0 radical (unpaired) electrons.